The zero-order chi connectivity index (χ0) is 10.8. The number of carbonyl (C=O) groups is 1. The average molecular weight is 199 g/mol. The normalized spacial score (nSPS) is 20.7. The Morgan fingerprint density at radius 1 is 1.29 bits per heavy atom. The summed E-state index contributed by atoms with van der Waals surface area (Å²) in [5, 5.41) is 0. The minimum Gasteiger partial charge on any atom is -0.378 e. The van der Waals surface area contributed by atoms with Gasteiger partial charge >= 0.3 is 0 Å². The molecule has 0 bridgehead atoms. The van der Waals surface area contributed by atoms with Gasteiger partial charge in [-0.1, -0.05) is 27.7 Å². The van der Waals surface area contributed by atoms with Crippen LogP contribution in [0.3, 0.4) is 0 Å². The van der Waals surface area contributed by atoms with Crippen molar-refractivity contribution in [1.82, 2.24) is 4.90 Å². The van der Waals surface area contributed by atoms with Crippen molar-refractivity contribution in [1.29, 1.82) is 0 Å². The van der Waals surface area contributed by atoms with Crippen LogP contribution in [-0.2, 0) is 9.53 Å². The van der Waals surface area contributed by atoms with Crippen LogP contribution in [0.25, 0.3) is 0 Å². The number of amides is 1. The molecule has 1 rings (SSSR count). The molecule has 0 aromatic rings. The van der Waals surface area contributed by atoms with E-state index in [1.807, 2.05) is 11.8 Å². The lowest BCUT2D eigenvalue weighted by Gasteiger charge is -2.34. The van der Waals surface area contributed by atoms with E-state index in [9.17, 15) is 4.79 Å². The zero-order valence-corrected chi connectivity index (χ0v) is 9.67. The van der Waals surface area contributed by atoms with Crippen LogP contribution in [0.5, 0.6) is 0 Å². The second kappa shape index (κ2) is 4.30. The zero-order valence-electron chi connectivity index (χ0n) is 9.67. The number of ether oxygens (including phenoxy) is 1. The molecule has 1 aliphatic heterocycles. The highest BCUT2D eigenvalue weighted by atomic mass is 16.5. The van der Waals surface area contributed by atoms with E-state index >= 15 is 0 Å². The van der Waals surface area contributed by atoms with E-state index in [0.29, 0.717) is 13.2 Å². The van der Waals surface area contributed by atoms with Crippen molar-refractivity contribution in [2.45, 2.75) is 27.7 Å². The van der Waals surface area contributed by atoms with Gasteiger partial charge < -0.3 is 9.64 Å². The van der Waals surface area contributed by atoms with E-state index in [2.05, 4.69) is 20.8 Å². The molecular formula is C11H21NO2. The minimum atomic E-state index is 0.0510. The molecule has 1 amide bonds. The molecule has 1 fully saturated rings. The lowest BCUT2D eigenvalue weighted by Crippen LogP contribution is -2.45. The fourth-order valence-corrected chi connectivity index (χ4v) is 1.43. The molecule has 0 radical (unpaired) electrons. The van der Waals surface area contributed by atoms with Crippen LogP contribution in [0.1, 0.15) is 27.7 Å². The maximum Gasteiger partial charge on any atom is 0.226 e. The first kappa shape index (κ1) is 11.5. The molecule has 1 saturated heterocycles. The van der Waals surface area contributed by atoms with Crippen LogP contribution in [0.15, 0.2) is 0 Å². The topological polar surface area (TPSA) is 29.5 Å². The standard InChI is InChI=1S/C11H21NO2/c1-9(11(2,3)4)10(13)12-5-7-14-8-6-12/h9H,5-8H2,1-4H3. The highest BCUT2D eigenvalue weighted by Gasteiger charge is 2.30. The van der Waals surface area contributed by atoms with E-state index in [4.69, 9.17) is 4.74 Å². The van der Waals surface area contributed by atoms with Crippen molar-refractivity contribution >= 4 is 5.91 Å². The van der Waals surface area contributed by atoms with Crippen molar-refractivity contribution < 1.29 is 9.53 Å². The van der Waals surface area contributed by atoms with Crippen LogP contribution in [0, 0.1) is 11.3 Å². The van der Waals surface area contributed by atoms with Crippen LogP contribution in [0.4, 0.5) is 0 Å². The van der Waals surface area contributed by atoms with Gasteiger partial charge in [0.25, 0.3) is 0 Å². The molecule has 3 heteroatoms. The molecule has 0 spiro atoms. The number of rotatable bonds is 1. The molecule has 1 atom stereocenters. The monoisotopic (exact) mass is 199 g/mol. The number of morpholine rings is 1. The van der Waals surface area contributed by atoms with Gasteiger partial charge in [-0.15, -0.1) is 0 Å². The Kier molecular flexibility index (Phi) is 3.53. The molecule has 14 heavy (non-hydrogen) atoms. The van der Waals surface area contributed by atoms with Gasteiger partial charge in [-0.25, -0.2) is 0 Å². The first-order valence-electron chi connectivity index (χ1n) is 5.29. The molecule has 1 heterocycles. The van der Waals surface area contributed by atoms with E-state index < -0.39 is 0 Å². The molecule has 3 nitrogen and oxygen atoms in total. The molecule has 0 aliphatic carbocycles. The maximum atomic E-state index is 12.0. The fraction of sp³-hybridized carbons (Fsp3) is 0.909. The predicted molar refractivity (Wildman–Crippen MR) is 56.0 cm³/mol. The third kappa shape index (κ3) is 2.71. The Hall–Kier alpha value is -0.570. The van der Waals surface area contributed by atoms with E-state index in [0.717, 1.165) is 13.1 Å². The number of nitrogens with zero attached hydrogens (tertiary/aromatic N) is 1. The minimum absolute atomic E-state index is 0.0510. The Labute approximate surface area is 86.4 Å². The number of carbonyl (C=O) groups excluding carboxylic acids is 1. The summed E-state index contributed by atoms with van der Waals surface area (Å²) in [6.45, 7) is 11.2. The summed E-state index contributed by atoms with van der Waals surface area (Å²) in [4.78, 5) is 13.9. The largest absolute Gasteiger partial charge is 0.378 e. The summed E-state index contributed by atoms with van der Waals surface area (Å²) >= 11 is 0. The van der Waals surface area contributed by atoms with Crippen LogP contribution in [0.2, 0.25) is 0 Å². The second-order valence-electron chi connectivity index (χ2n) is 5.03. The number of hydrogen-bond donors (Lipinski definition) is 0. The molecule has 0 saturated carbocycles. The summed E-state index contributed by atoms with van der Waals surface area (Å²) in [6.07, 6.45) is 0. The van der Waals surface area contributed by atoms with Crippen molar-refractivity contribution in [3.05, 3.63) is 0 Å². The highest BCUT2D eigenvalue weighted by molar-refractivity contribution is 5.79. The van der Waals surface area contributed by atoms with Crippen molar-refractivity contribution in [3.63, 3.8) is 0 Å². The molecule has 0 aromatic carbocycles. The molecule has 82 valence electrons. The highest BCUT2D eigenvalue weighted by Crippen LogP contribution is 2.27. The van der Waals surface area contributed by atoms with Crippen LogP contribution in [-0.4, -0.2) is 37.1 Å². The average Bonchev–Trinajstić information content (AvgIpc) is 2.15. The second-order valence-corrected chi connectivity index (χ2v) is 5.03. The van der Waals surface area contributed by atoms with Gasteiger partial charge in [0.1, 0.15) is 0 Å². The summed E-state index contributed by atoms with van der Waals surface area (Å²) in [5.74, 6) is 0.349. The smallest absolute Gasteiger partial charge is 0.226 e. The van der Waals surface area contributed by atoms with Crippen molar-refractivity contribution in [2.75, 3.05) is 26.3 Å². The predicted octanol–water partition coefficient (Wildman–Crippen LogP) is 1.53. The van der Waals surface area contributed by atoms with Crippen LogP contribution < -0.4 is 0 Å². The van der Waals surface area contributed by atoms with Crippen molar-refractivity contribution in [2.24, 2.45) is 11.3 Å². The lowest BCUT2D eigenvalue weighted by molar-refractivity contribution is -0.142. The van der Waals surface area contributed by atoms with Crippen LogP contribution >= 0.6 is 0 Å². The summed E-state index contributed by atoms with van der Waals surface area (Å²) in [5.41, 5.74) is 0.0510. The first-order valence-corrected chi connectivity index (χ1v) is 5.29. The summed E-state index contributed by atoms with van der Waals surface area (Å²) in [7, 11) is 0. The molecular weight excluding hydrogens is 178 g/mol. The Morgan fingerprint density at radius 2 is 1.79 bits per heavy atom. The van der Waals surface area contributed by atoms with E-state index in [-0.39, 0.29) is 17.2 Å². The Bertz CT molecular complexity index is 202. The Morgan fingerprint density at radius 3 is 2.21 bits per heavy atom. The van der Waals surface area contributed by atoms with Gasteiger partial charge in [0, 0.05) is 19.0 Å². The lowest BCUT2D eigenvalue weighted by atomic mass is 9.81. The Balaban J connectivity index is 2.55. The van der Waals surface area contributed by atoms with E-state index in [1.54, 1.807) is 0 Å². The van der Waals surface area contributed by atoms with Gasteiger partial charge in [0.05, 0.1) is 13.2 Å². The van der Waals surface area contributed by atoms with E-state index in [1.165, 1.54) is 0 Å². The van der Waals surface area contributed by atoms with Gasteiger partial charge in [-0.05, 0) is 5.41 Å². The van der Waals surface area contributed by atoms with Gasteiger partial charge in [0.2, 0.25) is 5.91 Å². The summed E-state index contributed by atoms with van der Waals surface area (Å²) in [6, 6.07) is 0. The summed E-state index contributed by atoms with van der Waals surface area (Å²) < 4.78 is 5.22. The molecule has 1 unspecified atom stereocenters. The first-order chi connectivity index (χ1) is 6.43. The van der Waals surface area contributed by atoms with Crippen molar-refractivity contribution in [3.8, 4) is 0 Å². The fourth-order valence-electron chi connectivity index (χ4n) is 1.43. The molecule has 0 aromatic heterocycles. The molecule has 0 N–H and O–H groups in total. The third-order valence-corrected chi connectivity index (χ3v) is 2.99. The SMILES string of the molecule is CC(C(=O)N1CCOCC1)C(C)(C)C. The van der Waals surface area contributed by atoms with Gasteiger partial charge in [-0.3, -0.25) is 4.79 Å². The third-order valence-electron chi connectivity index (χ3n) is 2.99. The molecule has 1 aliphatic rings. The van der Waals surface area contributed by atoms with Gasteiger partial charge in [0.15, 0.2) is 0 Å². The van der Waals surface area contributed by atoms with Gasteiger partial charge in [-0.2, -0.15) is 0 Å². The number of hydrogen-bond acceptors (Lipinski definition) is 2. The quantitative estimate of drug-likeness (QED) is 0.641. The maximum absolute atomic E-state index is 12.0.